The summed E-state index contributed by atoms with van der Waals surface area (Å²) in [5, 5.41) is 4.13. The molecular weight excluding hydrogens is 198 g/mol. The van der Waals surface area contributed by atoms with Crippen molar-refractivity contribution in [1.29, 1.82) is 0 Å². The van der Waals surface area contributed by atoms with Gasteiger partial charge in [0, 0.05) is 31.9 Å². The van der Waals surface area contributed by atoms with Crippen molar-refractivity contribution in [3.8, 4) is 0 Å². The lowest BCUT2D eigenvalue weighted by Gasteiger charge is -2.33. The number of hydrogen-bond donors (Lipinski definition) is 1. The first-order chi connectivity index (χ1) is 6.77. The van der Waals surface area contributed by atoms with E-state index in [4.69, 9.17) is 11.6 Å². The maximum Gasteiger partial charge on any atom is 0.147 e. The van der Waals surface area contributed by atoms with E-state index in [0.717, 1.165) is 30.5 Å². The Bertz CT molecular complexity index is 316. The first-order valence-corrected chi connectivity index (χ1v) is 5.24. The topological polar surface area (TPSA) is 28.2 Å². The number of hydrogen-bond acceptors (Lipinski definition) is 3. The van der Waals surface area contributed by atoms with E-state index in [-0.39, 0.29) is 0 Å². The molecule has 1 fully saturated rings. The zero-order valence-electron chi connectivity index (χ0n) is 8.20. The van der Waals surface area contributed by atoms with Gasteiger partial charge in [0.05, 0.1) is 5.02 Å². The van der Waals surface area contributed by atoms with Gasteiger partial charge in [-0.15, -0.1) is 0 Å². The average Bonchev–Trinajstić information content (AvgIpc) is 2.18. The summed E-state index contributed by atoms with van der Waals surface area (Å²) >= 11 is 6.08. The molecule has 1 N–H and O–H groups in total. The van der Waals surface area contributed by atoms with Crippen molar-refractivity contribution in [3.63, 3.8) is 0 Å². The number of nitrogens with zero attached hydrogens (tertiary/aromatic N) is 2. The third kappa shape index (κ3) is 1.99. The summed E-state index contributed by atoms with van der Waals surface area (Å²) in [6.45, 7) is 5.11. The molecule has 0 bridgehead atoms. The fourth-order valence-corrected chi connectivity index (χ4v) is 1.98. The Morgan fingerprint density at radius 2 is 2.50 bits per heavy atom. The minimum absolute atomic E-state index is 0.502. The summed E-state index contributed by atoms with van der Waals surface area (Å²) in [4.78, 5) is 6.53. The number of aromatic nitrogens is 1. The Kier molecular flexibility index (Phi) is 2.89. The molecule has 0 saturated carbocycles. The van der Waals surface area contributed by atoms with E-state index in [1.165, 1.54) is 0 Å². The second kappa shape index (κ2) is 4.15. The van der Waals surface area contributed by atoms with E-state index in [9.17, 15) is 0 Å². The fourth-order valence-electron chi connectivity index (χ4n) is 1.73. The third-order valence-corrected chi connectivity index (χ3v) is 2.70. The average molecular weight is 212 g/mol. The summed E-state index contributed by atoms with van der Waals surface area (Å²) in [5.74, 6) is 0.905. The molecule has 76 valence electrons. The van der Waals surface area contributed by atoms with Crippen molar-refractivity contribution in [2.45, 2.75) is 13.0 Å². The summed E-state index contributed by atoms with van der Waals surface area (Å²) < 4.78 is 0. The van der Waals surface area contributed by atoms with Gasteiger partial charge in [-0.05, 0) is 19.1 Å². The molecule has 1 aromatic heterocycles. The van der Waals surface area contributed by atoms with Gasteiger partial charge in [0.1, 0.15) is 5.82 Å². The highest BCUT2D eigenvalue weighted by atomic mass is 35.5. The van der Waals surface area contributed by atoms with E-state index >= 15 is 0 Å². The fraction of sp³-hybridized carbons (Fsp3) is 0.500. The van der Waals surface area contributed by atoms with E-state index in [1.54, 1.807) is 6.20 Å². The van der Waals surface area contributed by atoms with Crippen LogP contribution in [0.2, 0.25) is 5.02 Å². The quantitative estimate of drug-likeness (QED) is 0.764. The molecule has 4 heteroatoms. The molecule has 1 aliphatic heterocycles. The van der Waals surface area contributed by atoms with Crippen LogP contribution >= 0.6 is 11.6 Å². The molecule has 1 unspecified atom stereocenters. The van der Waals surface area contributed by atoms with Gasteiger partial charge < -0.3 is 10.2 Å². The summed E-state index contributed by atoms with van der Waals surface area (Å²) in [6, 6.07) is 4.25. The summed E-state index contributed by atoms with van der Waals surface area (Å²) in [5.41, 5.74) is 0. The van der Waals surface area contributed by atoms with Crippen molar-refractivity contribution in [2.75, 3.05) is 24.5 Å². The normalized spacial score (nSPS) is 22.4. The molecular formula is C10H14ClN3. The highest BCUT2D eigenvalue weighted by molar-refractivity contribution is 6.32. The molecule has 1 saturated heterocycles. The lowest BCUT2D eigenvalue weighted by molar-refractivity contribution is 0.482. The van der Waals surface area contributed by atoms with Crippen LogP contribution in [0.15, 0.2) is 18.3 Å². The smallest absolute Gasteiger partial charge is 0.147 e. The van der Waals surface area contributed by atoms with E-state index < -0.39 is 0 Å². The molecule has 1 aromatic rings. The van der Waals surface area contributed by atoms with E-state index in [1.807, 2.05) is 12.1 Å². The lowest BCUT2D eigenvalue weighted by Crippen LogP contribution is -2.49. The van der Waals surface area contributed by atoms with Gasteiger partial charge in [0.2, 0.25) is 0 Å². The number of nitrogens with one attached hydrogen (secondary N) is 1. The molecule has 14 heavy (non-hydrogen) atoms. The molecule has 0 radical (unpaired) electrons. The summed E-state index contributed by atoms with van der Waals surface area (Å²) in [6.07, 6.45) is 1.79. The second-order valence-corrected chi connectivity index (χ2v) is 4.02. The number of pyridine rings is 1. The molecule has 2 heterocycles. The van der Waals surface area contributed by atoms with Crippen LogP contribution in [-0.2, 0) is 0 Å². The van der Waals surface area contributed by atoms with Crippen molar-refractivity contribution in [3.05, 3.63) is 23.4 Å². The maximum atomic E-state index is 6.08. The molecule has 3 nitrogen and oxygen atoms in total. The minimum Gasteiger partial charge on any atom is -0.353 e. The van der Waals surface area contributed by atoms with Crippen LogP contribution in [0.3, 0.4) is 0 Å². The first kappa shape index (κ1) is 9.74. The van der Waals surface area contributed by atoms with Crippen LogP contribution in [0.1, 0.15) is 6.92 Å². The predicted octanol–water partition coefficient (Wildman–Crippen LogP) is 1.53. The predicted molar refractivity (Wildman–Crippen MR) is 58.9 cm³/mol. The van der Waals surface area contributed by atoms with Gasteiger partial charge in [-0.2, -0.15) is 0 Å². The van der Waals surface area contributed by atoms with Crippen LogP contribution in [0.5, 0.6) is 0 Å². The summed E-state index contributed by atoms with van der Waals surface area (Å²) in [7, 11) is 0. The van der Waals surface area contributed by atoms with Crippen molar-refractivity contribution in [1.82, 2.24) is 10.3 Å². The number of anilines is 1. The van der Waals surface area contributed by atoms with E-state index in [2.05, 4.69) is 22.1 Å². The minimum atomic E-state index is 0.502. The van der Waals surface area contributed by atoms with Crippen LogP contribution in [-0.4, -0.2) is 30.7 Å². The Morgan fingerprint density at radius 3 is 3.21 bits per heavy atom. The van der Waals surface area contributed by atoms with Gasteiger partial charge in [-0.1, -0.05) is 11.6 Å². The van der Waals surface area contributed by atoms with Gasteiger partial charge in [0.25, 0.3) is 0 Å². The molecule has 0 aromatic carbocycles. The first-order valence-electron chi connectivity index (χ1n) is 4.86. The Labute approximate surface area is 89.1 Å². The second-order valence-electron chi connectivity index (χ2n) is 3.61. The van der Waals surface area contributed by atoms with Crippen LogP contribution in [0, 0.1) is 0 Å². The number of halogens is 1. The Morgan fingerprint density at radius 1 is 1.64 bits per heavy atom. The maximum absolute atomic E-state index is 6.08. The molecule has 1 aliphatic rings. The molecule has 0 amide bonds. The molecule has 0 aliphatic carbocycles. The van der Waals surface area contributed by atoms with Crippen molar-refractivity contribution in [2.24, 2.45) is 0 Å². The molecule has 0 spiro atoms. The highest BCUT2D eigenvalue weighted by Gasteiger charge is 2.18. The standard InChI is InChI=1S/C10H14ClN3/c1-8-7-14(6-5-12-8)10-9(11)3-2-4-13-10/h2-4,8,12H,5-7H2,1H3. The third-order valence-electron chi connectivity index (χ3n) is 2.41. The molecule has 1 atom stereocenters. The SMILES string of the molecule is CC1CN(c2ncccc2Cl)CCN1. The van der Waals surface area contributed by atoms with Gasteiger partial charge >= 0.3 is 0 Å². The van der Waals surface area contributed by atoms with E-state index in [0.29, 0.717) is 6.04 Å². The lowest BCUT2D eigenvalue weighted by atomic mass is 10.2. The number of rotatable bonds is 1. The van der Waals surface area contributed by atoms with Gasteiger partial charge in [-0.25, -0.2) is 4.98 Å². The Hall–Kier alpha value is -0.800. The van der Waals surface area contributed by atoms with Crippen molar-refractivity contribution < 1.29 is 0 Å². The monoisotopic (exact) mass is 211 g/mol. The van der Waals surface area contributed by atoms with Crippen LogP contribution in [0.4, 0.5) is 5.82 Å². The van der Waals surface area contributed by atoms with Crippen LogP contribution < -0.4 is 10.2 Å². The highest BCUT2D eigenvalue weighted by Crippen LogP contribution is 2.22. The number of piperazine rings is 1. The van der Waals surface area contributed by atoms with Crippen molar-refractivity contribution >= 4 is 17.4 Å². The zero-order chi connectivity index (χ0) is 9.97. The molecule has 2 rings (SSSR count). The van der Waals surface area contributed by atoms with Crippen LogP contribution in [0.25, 0.3) is 0 Å². The zero-order valence-corrected chi connectivity index (χ0v) is 8.96. The Balaban J connectivity index is 2.18. The van der Waals surface area contributed by atoms with Gasteiger partial charge in [0.15, 0.2) is 0 Å². The van der Waals surface area contributed by atoms with Gasteiger partial charge in [-0.3, -0.25) is 0 Å². The largest absolute Gasteiger partial charge is 0.353 e.